The molecule has 2 aromatic rings. The second-order valence-electron chi connectivity index (χ2n) is 7.50. The van der Waals surface area contributed by atoms with Crippen LogP contribution >= 0.6 is 0 Å². The highest BCUT2D eigenvalue weighted by Gasteiger charge is 2.25. The number of amides is 2. The zero-order valence-corrected chi connectivity index (χ0v) is 17.1. The fraction of sp³-hybridized carbons (Fsp3) is 0.409. The number of hydrogen-bond acceptors (Lipinski definition) is 5. The van der Waals surface area contributed by atoms with Gasteiger partial charge in [0.05, 0.1) is 6.04 Å². The maximum Gasteiger partial charge on any atom is 0.309 e. The standard InChI is InChI=1S/C22H29N5O2/c1-26(2)19-9-7-18(8-10-19)20(27-12-3-4-13-27)16-25-22(29)21(28)24-15-17-6-5-11-23-14-17/h5-11,14,20H,3-4,12-13,15-16H2,1-2H3,(H,24,28)(H,25,29)/t20-/m0/s1. The molecule has 3 rings (SSSR count). The van der Waals surface area contributed by atoms with Crippen LogP contribution in [0.4, 0.5) is 5.69 Å². The van der Waals surface area contributed by atoms with E-state index in [0.717, 1.165) is 42.7 Å². The summed E-state index contributed by atoms with van der Waals surface area (Å²) in [6.07, 6.45) is 5.65. The molecule has 1 atom stereocenters. The molecule has 0 spiro atoms. The number of rotatable bonds is 7. The highest BCUT2D eigenvalue weighted by Crippen LogP contribution is 2.26. The third kappa shape index (κ3) is 5.77. The van der Waals surface area contributed by atoms with Gasteiger partial charge >= 0.3 is 11.8 Å². The zero-order chi connectivity index (χ0) is 20.6. The predicted octanol–water partition coefficient (Wildman–Crippen LogP) is 1.72. The first-order valence-electron chi connectivity index (χ1n) is 10.0. The maximum atomic E-state index is 12.3. The summed E-state index contributed by atoms with van der Waals surface area (Å²) in [5.41, 5.74) is 3.13. The summed E-state index contributed by atoms with van der Waals surface area (Å²) in [4.78, 5) is 32.9. The smallest absolute Gasteiger partial charge is 0.309 e. The molecule has 7 nitrogen and oxygen atoms in total. The van der Waals surface area contributed by atoms with Gasteiger partial charge in [0, 0.05) is 45.3 Å². The van der Waals surface area contributed by atoms with Crippen molar-refractivity contribution in [2.24, 2.45) is 0 Å². The Hall–Kier alpha value is -2.93. The maximum absolute atomic E-state index is 12.3. The highest BCUT2D eigenvalue weighted by molar-refractivity contribution is 6.35. The number of hydrogen-bond donors (Lipinski definition) is 2. The highest BCUT2D eigenvalue weighted by atomic mass is 16.2. The molecule has 2 amide bonds. The molecule has 1 saturated heterocycles. The van der Waals surface area contributed by atoms with Gasteiger partial charge in [0.1, 0.15) is 0 Å². The van der Waals surface area contributed by atoms with E-state index in [1.807, 2.05) is 20.2 Å². The van der Waals surface area contributed by atoms with E-state index < -0.39 is 11.8 Å². The minimum atomic E-state index is -0.628. The summed E-state index contributed by atoms with van der Waals surface area (Å²) in [6.45, 7) is 2.69. The lowest BCUT2D eigenvalue weighted by molar-refractivity contribution is -0.139. The zero-order valence-electron chi connectivity index (χ0n) is 17.1. The molecule has 2 heterocycles. The molecule has 1 aliphatic rings. The Morgan fingerprint density at radius 2 is 1.76 bits per heavy atom. The SMILES string of the molecule is CN(C)c1ccc([C@H](CNC(=O)C(=O)NCc2cccnc2)N2CCCC2)cc1. The van der Waals surface area contributed by atoms with E-state index in [4.69, 9.17) is 0 Å². The van der Waals surface area contributed by atoms with Crippen molar-refractivity contribution in [3.8, 4) is 0 Å². The molecule has 1 aromatic heterocycles. The van der Waals surface area contributed by atoms with Crippen molar-refractivity contribution < 1.29 is 9.59 Å². The van der Waals surface area contributed by atoms with E-state index in [9.17, 15) is 9.59 Å². The number of pyridine rings is 1. The van der Waals surface area contributed by atoms with Crippen LogP contribution in [0, 0.1) is 0 Å². The van der Waals surface area contributed by atoms with Crippen LogP contribution in [0.1, 0.15) is 30.0 Å². The lowest BCUT2D eigenvalue weighted by Gasteiger charge is -2.28. The Balaban J connectivity index is 1.59. The van der Waals surface area contributed by atoms with Crippen LogP contribution in [0.25, 0.3) is 0 Å². The number of likely N-dealkylation sites (tertiary alicyclic amines) is 1. The van der Waals surface area contributed by atoms with Gasteiger partial charge in [-0.15, -0.1) is 0 Å². The van der Waals surface area contributed by atoms with Crippen molar-refractivity contribution in [2.75, 3.05) is 38.6 Å². The van der Waals surface area contributed by atoms with E-state index in [1.54, 1.807) is 18.5 Å². The normalized spacial score (nSPS) is 15.0. The monoisotopic (exact) mass is 395 g/mol. The summed E-state index contributed by atoms with van der Waals surface area (Å²) in [6, 6.07) is 12.1. The minimum absolute atomic E-state index is 0.0591. The van der Waals surface area contributed by atoms with Crippen LogP contribution < -0.4 is 15.5 Å². The summed E-state index contributed by atoms with van der Waals surface area (Å²) in [5.74, 6) is -1.24. The van der Waals surface area contributed by atoms with E-state index in [0.29, 0.717) is 6.54 Å². The third-order valence-electron chi connectivity index (χ3n) is 5.21. The average Bonchev–Trinajstić information content (AvgIpc) is 3.27. The van der Waals surface area contributed by atoms with E-state index in [1.165, 1.54) is 0 Å². The largest absolute Gasteiger partial charge is 0.378 e. The van der Waals surface area contributed by atoms with E-state index in [-0.39, 0.29) is 12.6 Å². The fourth-order valence-electron chi connectivity index (χ4n) is 3.54. The molecule has 2 N–H and O–H groups in total. The van der Waals surface area contributed by atoms with Crippen LogP contribution in [-0.4, -0.2) is 55.4 Å². The van der Waals surface area contributed by atoms with Gasteiger partial charge in [-0.05, 0) is 55.3 Å². The molecule has 7 heteroatoms. The number of carbonyl (C=O) groups is 2. The van der Waals surface area contributed by atoms with Crippen molar-refractivity contribution in [2.45, 2.75) is 25.4 Å². The van der Waals surface area contributed by atoms with Gasteiger partial charge in [-0.25, -0.2) is 0 Å². The van der Waals surface area contributed by atoms with Crippen molar-refractivity contribution >= 4 is 17.5 Å². The summed E-state index contributed by atoms with van der Waals surface area (Å²) in [7, 11) is 4.02. The lowest BCUT2D eigenvalue weighted by atomic mass is 10.0. The molecule has 0 unspecified atom stereocenters. The first kappa shape index (κ1) is 20.8. The summed E-state index contributed by atoms with van der Waals surface area (Å²) in [5, 5.41) is 5.45. The second kappa shape index (κ2) is 10.0. The van der Waals surface area contributed by atoms with Gasteiger partial charge in [-0.2, -0.15) is 0 Å². The molecule has 29 heavy (non-hydrogen) atoms. The number of nitrogens with one attached hydrogen (secondary N) is 2. The van der Waals surface area contributed by atoms with Gasteiger partial charge in [-0.3, -0.25) is 19.5 Å². The number of benzene rings is 1. The average molecular weight is 396 g/mol. The van der Waals surface area contributed by atoms with Crippen molar-refractivity contribution in [3.05, 3.63) is 59.9 Å². The Morgan fingerprint density at radius 1 is 1.07 bits per heavy atom. The van der Waals surface area contributed by atoms with Crippen LogP contribution in [-0.2, 0) is 16.1 Å². The van der Waals surface area contributed by atoms with Gasteiger partial charge in [0.2, 0.25) is 0 Å². The number of aromatic nitrogens is 1. The Kier molecular flexibility index (Phi) is 7.19. The Bertz CT molecular complexity index is 802. The molecule has 154 valence electrons. The van der Waals surface area contributed by atoms with Gasteiger partial charge in [0.25, 0.3) is 0 Å². The molecule has 1 aromatic carbocycles. The molecular weight excluding hydrogens is 366 g/mol. The van der Waals surface area contributed by atoms with E-state index >= 15 is 0 Å². The third-order valence-corrected chi connectivity index (χ3v) is 5.21. The molecular formula is C22H29N5O2. The molecule has 0 bridgehead atoms. The predicted molar refractivity (Wildman–Crippen MR) is 113 cm³/mol. The first-order valence-corrected chi connectivity index (χ1v) is 10.0. The van der Waals surface area contributed by atoms with Gasteiger partial charge < -0.3 is 15.5 Å². The van der Waals surface area contributed by atoms with Crippen molar-refractivity contribution in [3.63, 3.8) is 0 Å². The van der Waals surface area contributed by atoms with Gasteiger partial charge in [0.15, 0.2) is 0 Å². The molecule has 1 fully saturated rings. The number of carbonyl (C=O) groups excluding carboxylic acids is 2. The minimum Gasteiger partial charge on any atom is -0.378 e. The summed E-state index contributed by atoms with van der Waals surface area (Å²) < 4.78 is 0. The second-order valence-corrected chi connectivity index (χ2v) is 7.50. The molecule has 0 radical (unpaired) electrons. The molecule has 0 aliphatic carbocycles. The van der Waals surface area contributed by atoms with Crippen molar-refractivity contribution in [1.29, 1.82) is 0 Å². The van der Waals surface area contributed by atoms with Crippen LogP contribution in [0.15, 0.2) is 48.8 Å². The fourth-order valence-corrected chi connectivity index (χ4v) is 3.54. The quantitative estimate of drug-likeness (QED) is 0.698. The molecule has 1 aliphatic heterocycles. The molecule has 0 saturated carbocycles. The number of anilines is 1. The van der Waals surface area contributed by atoms with Crippen LogP contribution in [0.5, 0.6) is 0 Å². The first-order chi connectivity index (χ1) is 14.0. The van der Waals surface area contributed by atoms with Gasteiger partial charge in [-0.1, -0.05) is 18.2 Å². The number of nitrogens with zero attached hydrogens (tertiary/aromatic N) is 3. The topological polar surface area (TPSA) is 77.6 Å². The lowest BCUT2D eigenvalue weighted by Crippen LogP contribution is -2.43. The van der Waals surface area contributed by atoms with Crippen molar-refractivity contribution in [1.82, 2.24) is 20.5 Å². The van der Waals surface area contributed by atoms with Crippen LogP contribution in [0.2, 0.25) is 0 Å². The van der Waals surface area contributed by atoms with E-state index in [2.05, 4.69) is 49.7 Å². The Labute approximate surface area is 172 Å². The van der Waals surface area contributed by atoms with Crippen LogP contribution in [0.3, 0.4) is 0 Å². The Morgan fingerprint density at radius 3 is 2.38 bits per heavy atom. The summed E-state index contributed by atoms with van der Waals surface area (Å²) >= 11 is 0.